The molecule has 1 N–H and O–H groups in total. The lowest BCUT2D eigenvalue weighted by Gasteiger charge is -2.31. The molecule has 4 atom stereocenters. The predicted molar refractivity (Wildman–Crippen MR) is 80.6 cm³/mol. The van der Waals surface area contributed by atoms with Crippen LogP contribution < -0.4 is 0 Å². The van der Waals surface area contributed by atoms with Crippen molar-refractivity contribution in [1.82, 2.24) is 4.90 Å². The van der Waals surface area contributed by atoms with E-state index in [0.29, 0.717) is 6.61 Å². The van der Waals surface area contributed by atoms with Crippen LogP contribution in [0.1, 0.15) is 45.4 Å². The van der Waals surface area contributed by atoms with Crippen LogP contribution in [-0.2, 0) is 4.74 Å². The molecule has 0 aromatic rings. The smallest absolute Gasteiger partial charge is 0.0900 e. The molecule has 0 amide bonds. The standard InChI is InChI=1S/C17H31NO2/c1-13-4-6-18(7-5-13)10-17(19)12-20-11-16-9-14-2-3-15(16)8-14/h13-17,19H,2-12H2,1H3/t14-,15-,16+,17-/m1/s1. The topological polar surface area (TPSA) is 32.7 Å². The van der Waals surface area contributed by atoms with Crippen LogP contribution in [0, 0.1) is 23.7 Å². The van der Waals surface area contributed by atoms with Crippen LogP contribution >= 0.6 is 0 Å². The van der Waals surface area contributed by atoms with E-state index in [9.17, 15) is 5.11 Å². The molecular formula is C17H31NO2. The Bertz CT molecular complexity index is 301. The highest BCUT2D eigenvalue weighted by Crippen LogP contribution is 2.48. The lowest BCUT2D eigenvalue weighted by atomic mass is 9.90. The zero-order valence-electron chi connectivity index (χ0n) is 13.0. The summed E-state index contributed by atoms with van der Waals surface area (Å²) in [7, 11) is 0. The predicted octanol–water partition coefficient (Wildman–Crippen LogP) is 2.53. The molecule has 0 radical (unpaired) electrons. The summed E-state index contributed by atoms with van der Waals surface area (Å²) >= 11 is 0. The first-order valence-corrected chi connectivity index (χ1v) is 8.69. The summed E-state index contributed by atoms with van der Waals surface area (Å²) in [6, 6.07) is 0. The molecule has 1 aliphatic heterocycles. The molecule has 116 valence electrons. The maximum Gasteiger partial charge on any atom is 0.0900 e. The monoisotopic (exact) mass is 281 g/mol. The average Bonchev–Trinajstić information content (AvgIpc) is 3.04. The molecule has 20 heavy (non-hydrogen) atoms. The summed E-state index contributed by atoms with van der Waals surface area (Å²) in [5.74, 6) is 3.57. The second kappa shape index (κ2) is 6.76. The molecule has 0 aromatic carbocycles. The summed E-state index contributed by atoms with van der Waals surface area (Å²) in [6.45, 7) is 6.82. The van der Waals surface area contributed by atoms with Gasteiger partial charge in [0.25, 0.3) is 0 Å². The number of aliphatic hydroxyl groups excluding tert-OH is 1. The summed E-state index contributed by atoms with van der Waals surface area (Å²) in [4.78, 5) is 2.39. The Hall–Kier alpha value is -0.120. The Morgan fingerprint density at radius 2 is 1.95 bits per heavy atom. The van der Waals surface area contributed by atoms with E-state index in [1.807, 2.05) is 0 Å². The Morgan fingerprint density at radius 1 is 1.15 bits per heavy atom. The van der Waals surface area contributed by atoms with E-state index in [0.717, 1.165) is 49.9 Å². The largest absolute Gasteiger partial charge is 0.389 e. The fraction of sp³-hybridized carbons (Fsp3) is 1.00. The van der Waals surface area contributed by atoms with Gasteiger partial charge in [0.2, 0.25) is 0 Å². The van der Waals surface area contributed by atoms with Gasteiger partial charge in [0, 0.05) is 13.2 Å². The number of piperidine rings is 1. The highest BCUT2D eigenvalue weighted by atomic mass is 16.5. The normalized spacial score (nSPS) is 36.6. The minimum Gasteiger partial charge on any atom is -0.389 e. The van der Waals surface area contributed by atoms with E-state index in [1.54, 1.807) is 0 Å². The molecule has 3 rings (SSSR count). The van der Waals surface area contributed by atoms with Crippen molar-refractivity contribution in [1.29, 1.82) is 0 Å². The molecule has 2 saturated carbocycles. The van der Waals surface area contributed by atoms with Crippen LogP contribution in [0.2, 0.25) is 0 Å². The number of rotatable bonds is 6. The highest BCUT2D eigenvalue weighted by Gasteiger charge is 2.39. The molecule has 0 aromatic heterocycles. The third kappa shape index (κ3) is 3.75. The molecule has 3 fully saturated rings. The molecule has 3 aliphatic rings. The maximum absolute atomic E-state index is 10.1. The van der Waals surface area contributed by atoms with Crippen molar-refractivity contribution < 1.29 is 9.84 Å². The molecule has 2 bridgehead atoms. The van der Waals surface area contributed by atoms with Gasteiger partial charge in [-0.1, -0.05) is 13.3 Å². The van der Waals surface area contributed by atoms with Crippen molar-refractivity contribution in [3.8, 4) is 0 Å². The van der Waals surface area contributed by atoms with Gasteiger partial charge >= 0.3 is 0 Å². The summed E-state index contributed by atoms with van der Waals surface area (Å²) < 4.78 is 5.82. The van der Waals surface area contributed by atoms with E-state index in [2.05, 4.69) is 11.8 Å². The first kappa shape index (κ1) is 14.8. The molecule has 2 aliphatic carbocycles. The number of nitrogens with zero attached hydrogens (tertiary/aromatic N) is 1. The minimum absolute atomic E-state index is 0.304. The van der Waals surface area contributed by atoms with Gasteiger partial charge in [-0.15, -0.1) is 0 Å². The van der Waals surface area contributed by atoms with Crippen molar-refractivity contribution in [2.24, 2.45) is 23.7 Å². The van der Waals surface area contributed by atoms with Crippen LogP contribution in [0.15, 0.2) is 0 Å². The highest BCUT2D eigenvalue weighted by molar-refractivity contribution is 4.89. The van der Waals surface area contributed by atoms with Gasteiger partial charge in [-0.25, -0.2) is 0 Å². The van der Waals surface area contributed by atoms with Crippen molar-refractivity contribution in [2.75, 3.05) is 32.8 Å². The Labute approximate surface area is 123 Å². The SMILES string of the molecule is CC1CCN(C[C@@H](O)COC[C@@H]2C[C@@H]3CC[C@@H]2C3)CC1. The molecule has 1 heterocycles. The number of hydrogen-bond donors (Lipinski definition) is 1. The average molecular weight is 281 g/mol. The molecule has 3 nitrogen and oxygen atoms in total. The van der Waals surface area contributed by atoms with Gasteiger partial charge in [0.1, 0.15) is 0 Å². The van der Waals surface area contributed by atoms with Crippen LogP contribution in [0.5, 0.6) is 0 Å². The van der Waals surface area contributed by atoms with E-state index in [4.69, 9.17) is 4.74 Å². The van der Waals surface area contributed by atoms with Gasteiger partial charge in [0.15, 0.2) is 0 Å². The lowest BCUT2D eigenvalue weighted by molar-refractivity contribution is -0.00595. The van der Waals surface area contributed by atoms with Gasteiger partial charge in [-0.05, 0) is 68.9 Å². The fourth-order valence-electron chi connectivity index (χ4n) is 4.53. The van der Waals surface area contributed by atoms with Crippen LogP contribution in [0.25, 0.3) is 0 Å². The molecule has 0 unspecified atom stereocenters. The van der Waals surface area contributed by atoms with Crippen LogP contribution in [0.4, 0.5) is 0 Å². The quantitative estimate of drug-likeness (QED) is 0.812. The van der Waals surface area contributed by atoms with Gasteiger partial charge in [-0.2, -0.15) is 0 Å². The van der Waals surface area contributed by atoms with E-state index >= 15 is 0 Å². The lowest BCUT2D eigenvalue weighted by Crippen LogP contribution is -2.40. The second-order valence-corrected chi connectivity index (χ2v) is 7.61. The number of hydrogen-bond acceptors (Lipinski definition) is 3. The first-order chi connectivity index (χ1) is 9.70. The second-order valence-electron chi connectivity index (χ2n) is 7.61. The van der Waals surface area contributed by atoms with Crippen molar-refractivity contribution in [2.45, 2.75) is 51.6 Å². The fourth-order valence-corrected chi connectivity index (χ4v) is 4.53. The Morgan fingerprint density at radius 3 is 2.60 bits per heavy atom. The number of fused-ring (bicyclic) bond motifs is 2. The maximum atomic E-state index is 10.1. The molecule has 0 spiro atoms. The van der Waals surface area contributed by atoms with Crippen molar-refractivity contribution in [3.05, 3.63) is 0 Å². The number of aliphatic hydroxyl groups is 1. The van der Waals surface area contributed by atoms with E-state index < -0.39 is 0 Å². The third-order valence-electron chi connectivity index (χ3n) is 5.87. The molecular weight excluding hydrogens is 250 g/mol. The summed E-state index contributed by atoms with van der Waals surface area (Å²) in [5, 5.41) is 10.1. The van der Waals surface area contributed by atoms with Crippen molar-refractivity contribution >= 4 is 0 Å². The zero-order chi connectivity index (χ0) is 13.9. The zero-order valence-corrected chi connectivity index (χ0v) is 13.0. The number of ether oxygens (including phenoxy) is 1. The molecule has 1 saturated heterocycles. The van der Waals surface area contributed by atoms with Crippen LogP contribution in [-0.4, -0.2) is 49.0 Å². The summed E-state index contributed by atoms with van der Waals surface area (Å²) in [6.07, 6.45) is 7.96. The third-order valence-corrected chi connectivity index (χ3v) is 5.87. The van der Waals surface area contributed by atoms with Gasteiger partial charge in [-0.3, -0.25) is 0 Å². The molecule has 3 heteroatoms. The number of likely N-dealkylation sites (tertiary alicyclic amines) is 1. The van der Waals surface area contributed by atoms with E-state index in [1.165, 1.54) is 38.5 Å². The Kier molecular flexibility index (Phi) is 5.00. The minimum atomic E-state index is -0.304. The Balaban J connectivity index is 1.28. The first-order valence-electron chi connectivity index (χ1n) is 8.69. The van der Waals surface area contributed by atoms with E-state index in [-0.39, 0.29) is 6.10 Å². The summed E-state index contributed by atoms with van der Waals surface area (Å²) in [5.41, 5.74) is 0. The van der Waals surface area contributed by atoms with Gasteiger partial charge < -0.3 is 14.7 Å². The van der Waals surface area contributed by atoms with Crippen LogP contribution in [0.3, 0.4) is 0 Å². The van der Waals surface area contributed by atoms with Crippen molar-refractivity contribution in [3.63, 3.8) is 0 Å². The van der Waals surface area contributed by atoms with Gasteiger partial charge in [0.05, 0.1) is 12.7 Å². The number of β-amino-alcohol motifs (C(OH)–C–C–N with tert-alkyl or cyclic N) is 1.